The van der Waals surface area contributed by atoms with Gasteiger partial charge in [0.25, 0.3) is 0 Å². The van der Waals surface area contributed by atoms with Crippen LogP contribution in [-0.2, 0) is 56.9 Å². The van der Waals surface area contributed by atoms with Crippen LogP contribution in [0.3, 0.4) is 0 Å². The molecule has 0 aliphatic rings. The molecule has 0 aromatic rings. The van der Waals surface area contributed by atoms with Crippen molar-refractivity contribution in [2.24, 2.45) is 0 Å². The molecule has 0 saturated carbocycles. The highest BCUT2D eigenvalue weighted by Crippen LogP contribution is 2.13. The van der Waals surface area contributed by atoms with Crippen LogP contribution in [-0.4, -0.2) is 145 Å². The van der Waals surface area contributed by atoms with Crippen molar-refractivity contribution < 1.29 is 56.9 Å². The van der Waals surface area contributed by atoms with Crippen LogP contribution in [0.15, 0.2) is 0 Å². The molecule has 0 aromatic carbocycles. The zero-order chi connectivity index (χ0) is 40.3. The van der Waals surface area contributed by atoms with E-state index >= 15 is 0 Å². The van der Waals surface area contributed by atoms with Crippen LogP contribution < -0.4 is 0 Å². The molecule has 0 unspecified atom stereocenters. The molecule has 0 fully saturated rings. The van der Waals surface area contributed by atoms with E-state index in [1.165, 1.54) is 103 Å². The van der Waals surface area contributed by atoms with Gasteiger partial charge in [-0.3, -0.25) is 4.79 Å². The highest BCUT2D eigenvalue weighted by molar-refractivity contribution is 5.69. The average molecular weight is 809 g/mol. The van der Waals surface area contributed by atoms with Crippen molar-refractivity contribution in [3.8, 4) is 0 Å². The normalized spacial score (nSPS) is 11.5. The van der Waals surface area contributed by atoms with Gasteiger partial charge in [-0.15, -0.1) is 0 Å². The van der Waals surface area contributed by atoms with E-state index in [1.807, 2.05) is 0 Å². The van der Waals surface area contributed by atoms with Gasteiger partial charge >= 0.3 is 5.97 Å². The second-order valence-corrected chi connectivity index (χ2v) is 14.1. The first kappa shape index (κ1) is 55.1. The first-order valence-corrected chi connectivity index (χ1v) is 22.7. The third-order valence-corrected chi connectivity index (χ3v) is 8.97. The average Bonchev–Trinajstić information content (AvgIpc) is 3.20. The summed E-state index contributed by atoms with van der Waals surface area (Å²) in [6.07, 6.45) is 25.3. The van der Waals surface area contributed by atoms with Crippen LogP contribution in [0.5, 0.6) is 0 Å². The Morgan fingerprint density at radius 1 is 0.250 bits per heavy atom. The SMILES string of the molecule is CCCCCCCCCCCCCCCCOCCOCCOCCOCCOCCOCCOCCOCCOCCOCCOC(=O)CCCCCCC. The molecule has 0 spiro atoms. The Hall–Kier alpha value is -0.930. The minimum absolute atomic E-state index is 0.144. The maximum atomic E-state index is 11.6. The van der Waals surface area contributed by atoms with E-state index in [1.54, 1.807) is 0 Å². The van der Waals surface area contributed by atoms with Crippen molar-refractivity contribution in [1.29, 1.82) is 0 Å². The molecular formula is C44H88O12. The lowest BCUT2D eigenvalue weighted by atomic mass is 10.0. The van der Waals surface area contributed by atoms with Gasteiger partial charge in [-0.05, 0) is 12.8 Å². The highest BCUT2D eigenvalue weighted by Gasteiger charge is 2.03. The lowest BCUT2D eigenvalue weighted by molar-refractivity contribution is -0.145. The van der Waals surface area contributed by atoms with Crippen molar-refractivity contribution in [1.82, 2.24) is 0 Å². The van der Waals surface area contributed by atoms with E-state index in [9.17, 15) is 4.79 Å². The molecule has 0 rings (SSSR count). The fraction of sp³-hybridized carbons (Fsp3) is 0.977. The summed E-state index contributed by atoms with van der Waals surface area (Å²) in [6.45, 7) is 15.4. The number of rotatable bonds is 51. The van der Waals surface area contributed by atoms with Gasteiger partial charge < -0.3 is 52.1 Å². The summed E-state index contributed by atoms with van der Waals surface area (Å²) in [4.78, 5) is 11.6. The molecule has 336 valence electrons. The third-order valence-electron chi connectivity index (χ3n) is 8.97. The first-order valence-electron chi connectivity index (χ1n) is 22.7. The molecule has 12 nitrogen and oxygen atoms in total. The number of carbonyl (C=O) groups excluding carboxylic acids is 1. The molecule has 0 aliphatic heterocycles. The third kappa shape index (κ3) is 51.1. The Balaban J connectivity index is 3.08. The van der Waals surface area contributed by atoms with E-state index < -0.39 is 0 Å². The van der Waals surface area contributed by atoms with Crippen LogP contribution in [0.4, 0.5) is 0 Å². The summed E-state index contributed by atoms with van der Waals surface area (Å²) in [7, 11) is 0. The van der Waals surface area contributed by atoms with E-state index in [0.717, 1.165) is 25.9 Å². The van der Waals surface area contributed by atoms with Crippen LogP contribution in [0.2, 0.25) is 0 Å². The molecule has 0 bridgehead atoms. The molecule has 0 radical (unpaired) electrons. The van der Waals surface area contributed by atoms with E-state index in [0.29, 0.717) is 132 Å². The Morgan fingerprint density at radius 2 is 0.464 bits per heavy atom. The molecule has 0 N–H and O–H groups in total. The summed E-state index contributed by atoms with van der Waals surface area (Å²) < 4.78 is 60.4. The molecule has 0 aromatic heterocycles. The summed E-state index contributed by atoms with van der Waals surface area (Å²) >= 11 is 0. The minimum atomic E-state index is -0.144. The number of carbonyl (C=O) groups is 1. The molecule has 0 atom stereocenters. The van der Waals surface area contributed by atoms with Crippen molar-refractivity contribution in [2.45, 2.75) is 142 Å². The monoisotopic (exact) mass is 809 g/mol. The Kier molecular flexibility index (Phi) is 51.2. The maximum Gasteiger partial charge on any atom is 0.305 e. The second kappa shape index (κ2) is 52.1. The number of ether oxygens (including phenoxy) is 11. The minimum Gasteiger partial charge on any atom is -0.463 e. The smallest absolute Gasteiger partial charge is 0.305 e. The summed E-state index contributed by atoms with van der Waals surface area (Å²) in [6, 6.07) is 0. The lowest BCUT2D eigenvalue weighted by Crippen LogP contribution is -2.15. The lowest BCUT2D eigenvalue weighted by Gasteiger charge is -2.09. The van der Waals surface area contributed by atoms with Gasteiger partial charge in [0, 0.05) is 13.0 Å². The Labute approximate surface area is 343 Å². The second-order valence-electron chi connectivity index (χ2n) is 14.1. The fourth-order valence-electron chi connectivity index (χ4n) is 5.64. The number of hydrogen-bond acceptors (Lipinski definition) is 12. The predicted molar refractivity (Wildman–Crippen MR) is 223 cm³/mol. The van der Waals surface area contributed by atoms with E-state index in [-0.39, 0.29) is 12.6 Å². The van der Waals surface area contributed by atoms with Gasteiger partial charge in [-0.2, -0.15) is 0 Å². The Bertz CT molecular complexity index is 718. The van der Waals surface area contributed by atoms with E-state index in [2.05, 4.69) is 13.8 Å². The van der Waals surface area contributed by atoms with Gasteiger partial charge in [0.05, 0.1) is 126 Å². The summed E-state index contributed by atoms with van der Waals surface area (Å²) in [5, 5.41) is 0. The van der Waals surface area contributed by atoms with Crippen LogP contribution >= 0.6 is 0 Å². The standard InChI is InChI=1S/C44H88O12/c1-3-5-7-9-10-11-12-13-14-15-16-17-19-21-23-46-24-25-47-26-27-48-28-29-49-30-31-50-32-33-51-34-35-52-36-37-53-38-39-54-40-41-55-42-43-56-44(45)22-20-18-8-6-4-2/h3-43H2,1-2H3. The number of hydrogen-bond donors (Lipinski definition) is 0. The molecular weight excluding hydrogens is 720 g/mol. The van der Waals surface area contributed by atoms with Crippen LogP contribution in [0.1, 0.15) is 142 Å². The molecule has 56 heavy (non-hydrogen) atoms. The Morgan fingerprint density at radius 3 is 0.750 bits per heavy atom. The van der Waals surface area contributed by atoms with Crippen molar-refractivity contribution in [3.05, 3.63) is 0 Å². The van der Waals surface area contributed by atoms with Crippen molar-refractivity contribution in [3.63, 3.8) is 0 Å². The van der Waals surface area contributed by atoms with Gasteiger partial charge in [-0.25, -0.2) is 0 Å². The van der Waals surface area contributed by atoms with Gasteiger partial charge in [0.2, 0.25) is 0 Å². The highest BCUT2D eigenvalue weighted by atomic mass is 16.6. The van der Waals surface area contributed by atoms with E-state index in [4.69, 9.17) is 52.1 Å². The number of unbranched alkanes of at least 4 members (excludes halogenated alkanes) is 17. The molecule has 0 aliphatic carbocycles. The quantitative estimate of drug-likeness (QED) is 0.0433. The largest absolute Gasteiger partial charge is 0.463 e. The predicted octanol–water partition coefficient (Wildman–Crippen LogP) is 8.54. The van der Waals surface area contributed by atoms with Crippen molar-refractivity contribution in [2.75, 3.05) is 139 Å². The molecule has 12 heteroatoms. The molecule has 0 amide bonds. The zero-order valence-corrected chi connectivity index (χ0v) is 36.4. The van der Waals surface area contributed by atoms with Crippen LogP contribution in [0, 0.1) is 0 Å². The topological polar surface area (TPSA) is 119 Å². The van der Waals surface area contributed by atoms with Gasteiger partial charge in [0.1, 0.15) is 6.61 Å². The first-order chi connectivity index (χ1) is 27.8. The van der Waals surface area contributed by atoms with Crippen molar-refractivity contribution >= 4 is 5.97 Å². The van der Waals surface area contributed by atoms with Gasteiger partial charge in [0.15, 0.2) is 0 Å². The fourth-order valence-corrected chi connectivity index (χ4v) is 5.64. The van der Waals surface area contributed by atoms with Gasteiger partial charge in [-0.1, -0.05) is 123 Å². The molecule has 0 saturated heterocycles. The summed E-state index contributed by atoms with van der Waals surface area (Å²) in [5.41, 5.74) is 0. The van der Waals surface area contributed by atoms with Crippen LogP contribution in [0.25, 0.3) is 0 Å². The maximum absolute atomic E-state index is 11.6. The number of esters is 1. The molecule has 0 heterocycles. The zero-order valence-electron chi connectivity index (χ0n) is 36.4. The summed E-state index contributed by atoms with van der Waals surface area (Å²) in [5.74, 6) is -0.144.